The minimum atomic E-state index is 0.140. The van der Waals surface area contributed by atoms with Gasteiger partial charge in [-0.15, -0.1) is 0 Å². The fraction of sp³-hybridized carbons (Fsp3) is 0.480. The molecule has 0 aromatic heterocycles. The Morgan fingerprint density at radius 1 is 1.00 bits per heavy atom. The first kappa shape index (κ1) is 21.0. The van der Waals surface area contributed by atoms with E-state index in [1.807, 2.05) is 30.0 Å². The highest BCUT2D eigenvalue weighted by molar-refractivity contribution is 5.78. The molecular formula is C25H33N3O2. The predicted octanol–water partition coefficient (Wildman–Crippen LogP) is 2.67. The van der Waals surface area contributed by atoms with Gasteiger partial charge in [-0.2, -0.15) is 0 Å². The molecule has 3 atom stereocenters. The van der Waals surface area contributed by atoms with Crippen LogP contribution in [0.25, 0.3) is 11.1 Å². The molecule has 1 N–H and O–H groups in total. The van der Waals surface area contributed by atoms with Crippen LogP contribution in [-0.2, 0) is 4.79 Å². The van der Waals surface area contributed by atoms with Gasteiger partial charge in [0.1, 0.15) is 0 Å². The van der Waals surface area contributed by atoms with Gasteiger partial charge in [-0.3, -0.25) is 9.69 Å². The van der Waals surface area contributed by atoms with E-state index >= 15 is 0 Å². The molecule has 0 spiro atoms. The van der Waals surface area contributed by atoms with Gasteiger partial charge in [-0.1, -0.05) is 54.6 Å². The number of benzene rings is 2. The molecule has 2 fully saturated rings. The first-order valence-electron chi connectivity index (χ1n) is 11.0. The van der Waals surface area contributed by atoms with E-state index in [2.05, 4.69) is 53.4 Å². The first-order chi connectivity index (χ1) is 14.6. The van der Waals surface area contributed by atoms with Crippen molar-refractivity contribution in [2.75, 3.05) is 46.9 Å². The van der Waals surface area contributed by atoms with E-state index in [1.54, 1.807) is 0 Å². The SMILES string of the molecule is CN(C)CC(=O)N1CCCCN2[C@H](CO)[C@H](c3ccc(-c4ccccc4)cc3)[C@H]2C1. The Labute approximate surface area is 179 Å². The van der Waals surface area contributed by atoms with Crippen molar-refractivity contribution in [3.63, 3.8) is 0 Å². The predicted molar refractivity (Wildman–Crippen MR) is 120 cm³/mol. The smallest absolute Gasteiger partial charge is 0.236 e. The van der Waals surface area contributed by atoms with E-state index in [0.29, 0.717) is 6.54 Å². The molecule has 5 heteroatoms. The molecule has 2 aliphatic rings. The maximum atomic E-state index is 12.8. The van der Waals surface area contributed by atoms with E-state index < -0.39 is 0 Å². The minimum Gasteiger partial charge on any atom is -0.395 e. The second-order valence-electron chi connectivity index (χ2n) is 8.85. The average molecular weight is 408 g/mol. The van der Waals surface area contributed by atoms with Crippen LogP contribution in [0, 0.1) is 0 Å². The van der Waals surface area contributed by atoms with E-state index in [-0.39, 0.29) is 30.5 Å². The number of aliphatic hydroxyl groups is 1. The van der Waals surface area contributed by atoms with Gasteiger partial charge in [0.2, 0.25) is 5.91 Å². The number of aliphatic hydroxyl groups excluding tert-OH is 1. The summed E-state index contributed by atoms with van der Waals surface area (Å²) < 4.78 is 0. The number of hydrogen-bond donors (Lipinski definition) is 1. The van der Waals surface area contributed by atoms with Crippen LogP contribution in [0.5, 0.6) is 0 Å². The van der Waals surface area contributed by atoms with Crippen LogP contribution >= 0.6 is 0 Å². The summed E-state index contributed by atoms with van der Waals surface area (Å²) in [5.74, 6) is 0.458. The Morgan fingerprint density at radius 2 is 1.67 bits per heavy atom. The standard InChI is InChI=1S/C25H33N3O2/c1-26(2)17-24(30)27-14-6-7-15-28-22(16-27)25(23(28)18-29)21-12-10-20(11-13-21)19-8-4-3-5-9-19/h3-5,8-13,22-23,25,29H,6-7,14-18H2,1-2H3/t22-,23-,25-/m1/s1. The number of amides is 1. The average Bonchev–Trinajstić information content (AvgIpc) is 2.73. The van der Waals surface area contributed by atoms with Crippen LogP contribution in [0.3, 0.4) is 0 Å². The number of nitrogens with zero attached hydrogens (tertiary/aromatic N) is 3. The maximum Gasteiger partial charge on any atom is 0.236 e. The Hall–Kier alpha value is -2.21. The third kappa shape index (κ3) is 4.29. The van der Waals surface area contributed by atoms with Gasteiger partial charge in [0.15, 0.2) is 0 Å². The minimum absolute atomic E-state index is 0.140. The molecular weight excluding hydrogens is 374 g/mol. The van der Waals surface area contributed by atoms with Crippen LogP contribution in [0.2, 0.25) is 0 Å². The molecule has 2 aliphatic heterocycles. The van der Waals surface area contributed by atoms with Gasteiger partial charge in [-0.05, 0) is 50.2 Å². The van der Waals surface area contributed by atoms with Gasteiger partial charge < -0.3 is 14.9 Å². The van der Waals surface area contributed by atoms with Crippen LogP contribution in [0.15, 0.2) is 54.6 Å². The summed E-state index contributed by atoms with van der Waals surface area (Å²) >= 11 is 0. The topological polar surface area (TPSA) is 47.0 Å². The zero-order valence-electron chi connectivity index (χ0n) is 18.1. The Balaban J connectivity index is 1.55. The van der Waals surface area contributed by atoms with Crippen molar-refractivity contribution in [1.82, 2.24) is 14.7 Å². The highest BCUT2D eigenvalue weighted by atomic mass is 16.3. The molecule has 160 valence electrons. The van der Waals surface area contributed by atoms with Gasteiger partial charge in [0, 0.05) is 31.1 Å². The van der Waals surface area contributed by atoms with Crippen molar-refractivity contribution < 1.29 is 9.90 Å². The molecule has 0 bridgehead atoms. The summed E-state index contributed by atoms with van der Waals surface area (Å²) in [6.07, 6.45) is 2.09. The van der Waals surface area contributed by atoms with E-state index in [9.17, 15) is 9.90 Å². The van der Waals surface area contributed by atoms with Crippen LogP contribution < -0.4 is 0 Å². The van der Waals surface area contributed by atoms with Crippen molar-refractivity contribution >= 4 is 5.91 Å². The van der Waals surface area contributed by atoms with E-state index in [0.717, 1.165) is 32.5 Å². The number of carbonyl (C=O) groups is 1. The molecule has 2 heterocycles. The second kappa shape index (κ2) is 9.29. The lowest BCUT2D eigenvalue weighted by molar-refractivity contribution is -0.137. The monoisotopic (exact) mass is 407 g/mol. The second-order valence-corrected chi connectivity index (χ2v) is 8.85. The molecule has 2 aromatic carbocycles. The van der Waals surface area contributed by atoms with Gasteiger partial charge >= 0.3 is 0 Å². The lowest BCUT2D eigenvalue weighted by atomic mass is 9.74. The number of hydrogen-bond acceptors (Lipinski definition) is 4. The molecule has 0 radical (unpaired) electrons. The van der Waals surface area contributed by atoms with Gasteiger partial charge in [-0.25, -0.2) is 0 Å². The third-order valence-electron chi connectivity index (χ3n) is 6.58. The molecule has 30 heavy (non-hydrogen) atoms. The molecule has 1 amide bonds. The largest absolute Gasteiger partial charge is 0.395 e. The fourth-order valence-electron chi connectivity index (χ4n) is 5.07. The van der Waals surface area contributed by atoms with Crippen LogP contribution in [-0.4, -0.2) is 84.7 Å². The van der Waals surface area contributed by atoms with Crippen molar-refractivity contribution in [2.24, 2.45) is 0 Å². The normalized spacial score (nSPS) is 24.7. The summed E-state index contributed by atoms with van der Waals surface area (Å²) in [7, 11) is 3.88. The molecule has 2 aromatic rings. The summed E-state index contributed by atoms with van der Waals surface area (Å²) in [6.45, 7) is 3.19. The van der Waals surface area contributed by atoms with Gasteiger partial charge in [0.05, 0.1) is 13.2 Å². The molecule has 4 rings (SSSR count). The molecule has 0 aliphatic carbocycles. The summed E-state index contributed by atoms with van der Waals surface area (Å²) in [4.78, 5) is 19.2. The Bertz CT molecular complexity index is 837. The summed E-state index contributed by atoms with van der Waals surface area (Å²) in [6, 6.07) is 19.6. The zero-order chi connectivity index (χ0) is 21.1. The highest BCUT2D eigenvalue weighted by Crippen LogP contribution is 2.42. The highest BCUT2D eigenvalue weighted by Gasteiger charge is 2.49. The number of rotatable bonds is 5. The van der Waals surface area contributed by atoms with Gasteiger partial charge in [0.25, 0.3) is 0 Å². The van der Waals surface area contributed by atoms with Crippen molar-refractivity contribution in [1.29, 1.82) is 0 Å². The molecule has 5 nitrogen and oxygen atoms in total. The number of fused-ring (bicyclic) bond motifs is 1. The molecule has 2 saturated heterocycles. The lowest BCUT2D eigenvalue weighted by Gasteiger charge is -2.57. The summed E-state index contributed by atoms with van der Waals surface area (Å²) in [5.41, 5.74) is 3.68. The summed E-state index contributed by atoms with van der Waals surface area (Å²) in [5, 5.41) is 10.1. The van der Waals surface area contributed by atoms with Crippen molar-refractivity contribution in [3.8, 4) is 11.1 Å². The number of likely N-dealkylation sites (N-methyl/N-ethyl adjacent to an activating group) is 1. The number of carbonyl (C=O) groups excluding carboxylic acids is 1. The van der Waals surface area contributed by atoms with Crippen molar-refractivity contribution in [2.45, 2.75) is 30.8 Å². The first-order valence-corrected chi connectivity index (χ1v) is 11.0. The lowest BCUT2D eigenvalue weighted by Crippen LogP contribution is -2.68. The van der Waals surface area contributed by atoms with E-state index in [4.69, 9.17) is 0 Å². The van der Waals surface area contributed by atoms with E-state index in [1.165, 1.54) is 16.7 Å². The third-order valence-corrected chi connectivity index (χ3v) is 6.58. The maximum absolute atomic E-state index is 12.8. The fourth-order valence-corrected chi connectivity index (χ4v) is 5.07. The molecule has 0 unspecified atom stereocenters. The molecule has 0 saturated carbocycles. The zero-order valence-corrected chi connectivity index (χ0v) is 18.1. The van der Waals surface area contributed by atoms with Crippen LogP contribution in [0.4, 0.5) is 0 Å². The van der Waals surface area contributed by atoms with Crippen molar-refractivity contribution in [3.05, 3.63) is 60.2 Å². The Kier molecular flexibility index (Phi) is 6.52. The quantitative estimate of drug-likeness (QED) is 0.828. The Morgan fingerprint density at radius 3 is 2.33 bits per heavy atom. The van der Waals surface area contributed by atoms with Crippen LogP contribution in [0.1, 0.15) is 24.3 Å².